The maximum absolute atomic E-state index is 11.2. The number of rotatable bonds is 6. The summed E-state index contributed by atoms with van der Waals surface area (Å²) < 4.78 is 10.0. The first-order valence-electron chi connectivity index (χ1n) is 5.21. The molecule has 82 valence electrons. The predicted molar refractivity (Wildman–Crippen MR) is 58.2 cm³/mol. The van der Waals surface area contributed by atoms with Crippen LogP contribution in [0, 0.1) is 0 Å². The molecular formula is C12H16O3. The van der Waals surface area contributed by atoms with Gasteiger partial charge >= 0.3 is 5.97 Å². The van der Waals surface area contributed by atoms with Crippen molar-refractivity contribution in [3.63, 3.8) is 0 Å². The van der Waals surface area contributed by atoms with Crippen LogP contribution in [0.15, 0.2) is 28.9 Å². The van der Waals surface area contributed by atoms with E-state index in [0.29, 0.717) is 12.4 Å². The lowest BCUT2D eigenvalue weighted by Crippen LogP contribution is -2.01. The number of hydrogen-bond acceptors (Lipinski definition) is 3. The number of furan rings is 1. The third-order valence-corrected chi connectivity index (χ3v) is 1.92. The molecule has 0 unspecified atom stereocenters. The van der Waals surface area contributed by atoms with Crippen LogP contribution in [0.1, 0.15) is 31.9 Å². The average Bonchev–Trinajstić information content (AvgIpc) is 2.74. The zero-order valence-electron chi connectivity index (χ0n) is 8.94. The molecule has 0 fully saturated rings. The Kier molecular flexibility index (Phi) is 5.30. The summed E-state index contributed by atoms with van der Waals surface area (Å²) in [7, 11) is 0. The van der Waals surface area contributed by atoms with Gasteiger partial charge < -0.3 is 9.15 Å². The predicted octanol–water partition coefficient (Wildman–Crippen LogP) is 3.03. The van der Waals surface area contributed by atoms with E-state index >= 15 is 0 Å². The number of esters is 1. The van der Waals surface area contributed by atoms with Crippen LogP contribution < -0.4 is 0 Å². The molecule has 1 aromatic heterocycles. The van der Waals surface area contributed by atoms with Gasteiger partial charge in [-0.1, -0.05) is 19.8 Å². The Morgan fingerprint density at radius 2 is 2.40 bits per heavy atom. The van der Waals surface area contributed by atoms with Crippen molar-refractivity contribution in [3.05, 3.63) is 30.2 Å². The molecule has 0 aliphatic rings. The van der Waals surface area contributed by atoms with Crippen molar-refractivity contribution in [1.29, 1.82) is 0 Å². The van der Waals surface area contributed by atoms with Crippen LogP contribution in [-0.4, -0.2) is 12.6 Å². The molecule has 0 bridgehead atoms. The van der Waals surface area contributed by atoms with Crippen LogP contribution in [0.4, 0.5) is 0 Å². The number of hydrogen-bond donors (Lipinski definition) is 0. The summed E-state index contributed by atoms with van der Waals surface area (Å²) in [4.78, 5) is 11.2. The number of carbonyl (C=O) groups is 1. The van der Waals surface area contributed by atoms with Crippen molar-refractivity contribution >= 4 is 12.0 Å². The quantitative estimate of drug-likeness (QED) is 0.410. The van der Waals surface area contributed by atoms with Gasteiger partial charge in [0.1, 0.15) is 5.76 Å². The molecule has 0 aliphatic heterocycles. The highest BCUT2D eigenvalue weighted by atomic mass is 16.5. The van der Waals surface area contributed by atoms with Gasteiger partial charge in [-0.15, -0.1) is 0 Å². The van der Waals surface area contributed by atoms with Gasteiger partial charge in [0.05, 0.1) is 12.9 Å². The Bertz CT molecular complexity index is 299. The zero-order valence-corrected chi connectivity index (χ0v) is 8.94. The second kappa shape index (κ2) is 6.87. The van der Waals surface area contributed by atoms with E-state index < -0.39 is 0 Å². The maximum atomic E-state index is 11.2. The Labute approximate surface area is 89.7 Å². The van der Waals surface area contributed by atoms with Crippen LogP contribution in [0.25, 0.3) is 6.08 Å². The Balaban J connectivity index is 2.18. The van der Waals surface area contributed by atoms with Gasteiger partial charge in [0.25, 0.3) is 0 Å². The Morgan fingerprint density at radius 1 is 1.53 bits per heavy atom. The van der Waals surface area contributed by atoms with Crippen LogP contribution >= 0.6 is 0 Å². The molecule has 0 radical (unpaired) electrons. The second-order valence-electron chi connectivity index (χ2n) is 3.22. The normalized spacial score (nSPS) is 10.7. The zero-order chi connectivity index (χ0) is 10.9. The molecule has 1 aromatic rings. The molecule has 1 heterocycles. The summed E-state index contributed by atoms with van der Waals surface area (Å²) in [6.07, 6.45) is 7.69. The van der Waals surface area contributed by atoms with E-state index in [4.69, 9.17) is 9.15 Å². The summed E-state index contributed by atoms with van der Waals surface area (Å²) in [6, 6.07) is 3.55. The van der Waals surface area contributed by atoms with Crippen molar-refractivity contribution in [2.45, 2.75) is 26.2 Å². The van der Waals surface area contributed by atoms with Gasteiger partial charge in [0.2, 0.25) is 0 Å². The molecular weight excluding hydrogens is 192 g/mol. The lowest BCUT2D eigenvalue weighted by atomic mass is 10.3. The molecule has 0 amide bonds. The highest BCUT2D eigenvalue weighted by Gasteiger charge is 1.96. The minimum Gasteiger partial charge on any atom is -0.465 e. The first-order chi connectivity index (χ1) is 7.33. The Morgan fingerprint density at radius 3 is 3.07 bits per heavy atom. The van der Waals surface area contributed by atoms with Gasteiger partial charge in [-0.3, -0.25) is 0 Å². The van der Waals surface area contributed by atoms with Crippen LogP contribution in [0.5, 0.6) is 0 Å². The molecule has 3 heteroatoms. The Hall–Kier alpha value is -1.51. The standard InChI is InChI=1S/C12H16O3/c1-2-3-4-9-15-12(13)8-7-11-6-5-10-14-11/h5-8,10H,2-4,9H2,1H3/b8-7+. The molecule has 3 nitrogen and oxygen atoms in total. The summed E-state index contributed by atoms with van der Waals surface area (Å²) in [5, 5.41) is 0. The van der Waals surface area contributed by atoms with E-state index in [2.05, 4.69) is 6.92 Å². The maximum Gasteiger partial charge on any atom is 0.330 e. The summed E-state index contributed by atoms with van der Waals surface area (Å²) in [5.41, 5.74) is 0. The third-order valence-electron chi connectivity index (χ3n) is 1.92. The molecule has 0 N–H and O–H groups in total. The SMILES string of the molecule is CCCCCOC(=O)/C=C/c1ccco1. The molecule has 1 rings (SSSR count). The monoisotopic (exact) mass is 208 g/mol. The van der Waals surface area contributed by atoms with E-state index in [9.17, 15) is 4.79 Å². The van der Waals surface area contributed by atoms with Crippen molar-refractivity contribution in [2.75, 3.05) is 6.61 Å². The average molecular weight is 208 g/mol. The minimum atomic E-state index is -0.317. The van der Waals surface area contributed by atoms with Crippen molar-refractivity contribution in [2.24, 2.45) is 0 Å². The molecule has 15 heavy (non-hydrogen) atoms. The fourth-order valence-corrected chi connectivity index (χ4v) is 1.11. The van der Waals surface area contributed by atoms with Crippen molar-refractivity contribution < 1.29 is 13.9 Å². The fraction of sp³-hybridized carbons (Fsp3) is 0.417. The van der Waals surface area contributed by atoms with Crippen molar-refractivity contribution in [1.82, 2.24) is 0 Å². The van der Waals surface area contributed by atoms with E-state index in [0.717, 1.165) is 19.3 Å². The van der Waals surface area contributed by atoms with E-state index in [1.807, 2.05) is 0 Å². The van der Waals surface area contributed by atoms with Crippen LogP contribution in [0.3, 0.4) is 0 Å². The highest BCUT2D eigenvalue weighted by Crippen LogP contribution is 2.02. The summed E-state index contributed by atoms with van der Waals surface area (Å²) >= 11 is 0. The molecule has 0 saturated heterocycles. The number of unbranched alkanes of at least 4 members (excludes halogenated alkanes) is 2. The number of ether oxygens (including phenoxy) is 1. The topological polar surface area (TPSA) is 39.4 Å². The smallest absolute Gasteiger partial charge is 0.330 e. The minimum absolute atomic E-state index is 0.317. The molecule has 0 spiro atoms. The van der Waals surface area contributed by atoms with E-state index in [1.54, 1.807) is 24.5 Å². The summed E-state index contributed by atoms with van der Waals surface area (Å²) in [6.45, 7) is 2.60. The fourth-order valence-electron chi connectivity index (χ4n) is 1.11. The van der Waals surface area contributed by atoms with Gasteiger partial charge in [0.15, 0.2) is 0 Å². The molecule has 0 aliphatic carbocycles. The lowest BCUT2D eigenvalue weighted by Gasteiger charge is -1.99. The third kappa shape index (κ3) is 5.05. The van der Waals surface area contributed by atoms with Gasteiger partial charge in [-0.25, -0.2) is 4.79 Å². The van der Waals surface area contributed by atoms with Crippen LogP contribution in [0.2, 0.25) is 0 Å². The molecule has 0 atom stereocenters. The van der Waals surface area contributed by atoms with E-state index in [1.165, 1.54) is 6.08 Å². The first-order valence-corrected chi connectivity index (χ1v) is 5.21. The van der Waals surface area contributed by atoms with Crippen molar-refractivity contribution in [3.8, 4) is 0 Å². The van der Waals surface area contributed by atoms with Gasteiger partial charge in [0, 0.05) is 6.08 Å². The van der Waals surface area contributed by atoms with Crippen LogP contribution in [-0.2, 0) is 9.53 Å². The second-order valence-corrected chi connectivity index (χ2v) is 3.22. The largest absolute Gasteiger partial charge is 0.465 e. The van der Waals surface area contributed by atoms with E-state index in [-0.39, 0.29) is 5.97 Å². The lowest BCUT2D eigenvalue weighted by molar-refractivity contribution is -0.137. The molecule has 0 saturated carbocycles. The van der Waals surface area contributed by atoms with Gasteiger partial charge in [-0.2, -0.15) is 0 Å². The summed E-state index contributed by atoms with van der Waals surface area (Å²) in [5.74, 6) is 0.336. The highest BCUT2D eigenvalue weighted by molar-refractivity contribution is 5.86. The first kappa shape index (κ1) is 11.6. The number of carbonyl (C=O) groups excluding carboxylic acids is 1. The van der Waals surface area contributed by atoms with Gasteiger partial charge in [-0.05, 0) is 24.6 Å². The molecule has 0 aromatic carbocycles.